The number of benzene rings is 2. The largest absolute Gasteiger partial charge is 0.495 e. The molecule has 0 saturated carbocycles. The van der Waals surface area contributed by atoms with Gasteiger partial charge in [0.15, 0.2) is 6.04 Å². The van der Waals surface area contributed by atoms with Crippen molar-refractivity contribution in [2.24, 2.45) is 0 Å². The van der Waals surface area contributed by atoms with E-state index in [1.54, 1.807) is 7.11 Å². The summed E-state index contributed by atoms with van der Waals surface area (Å²) >= 11 is 0. The Hall–Kier alpha value is -2.33. The average molecular weight is 313 g/mol. The molecule has 2 N–H and O–H groups in total. The fourth-order valence-electron chi connectivity index (χ4n) is 2.47. The molecule has 2 atom stereocenters. The zero-order valence-electron chi connectivity index (χ0n) is 14.2. The summed E-state index contributed by atoms with van der Waals surface area (Å²) in [5.74, 6) is 0.658. The summed E-state index contributed by atoms with van der Waals surface area (Å²) in [6.45, 7) is 4.85. The van der Waals surface area contributed by atoms with Crippen LogP contribution in [0.4, 0.5) is 5.69 Å². The van der Waals surface area contributed by atoms with Gasteiger partial charge in [-0.2, -0.15) is 0 Å². The van der Waals surface area contributed by atoms with Crippen molar-refractivity contribution < 1.29 is 14.4 Å². The van der Waals surface area contributed by atoms with E-state index in [1.165, 1.54) is 11.1 Å². The number of amides is 1. The molecule has 0 aliphatic carbocycles. The number of quaternary nitrogens is 1. The zero-order chi connectivity index (χ0) is 16.8. The van der Waals surface area contributed by atoms with Crippen LogP contribution < -0.4 is 15.0 Å². The van der Waals surface area contributed by atoms with Crippen molar-refractivity contribution in [1.29, 1.82) is 0 Å². The third-order valence-corrected chi connectivity index (χ3v) is 4.23. The Labute approximate surface area is 138 Å². The minimum atomic E-state index is -0.167. The molecule has 0 aromatic heterocycles. The molecular weight excluding hydrogens is 288 g/mol. The molecule has 0 spiro atoms. The Morgan fingerprint density at radius 2 is 1.83 bits per heavy atom. The van der Waals surface area contributed by atoms with Crippen LogP contribution in [-0.4, -0.2) is 26.1 Å². The Morgan fingerprint density at radius 3 is 2.52 bits per heavy atom. The van der Waals surface area contributed by atoms with Crippen molar-refractivity contribution in [3.63, 3.8) is 0 Å². The Balaban J connectivity index is 2.03. The van der Waals surface area contributed by atoms with E-state index in [2.05, 4.69) is 24.4 Å². The normalized spacial score (nSPS) is 13.2. The number of nitrogens with one attached hydrogen (secondary N) is 2. The molecule has 2 rings (SSSR count). The lowest BCUT2D eigenvalue weighted by Gasteiger charge is -2.22. The molecule has 0 fully saturated rings. The topological polar surface area (TPSA) is 42.8 Å². The van der Waals surface area contributed by atoms with Gasteiger partial charge in [0, 0.05) is 5.56 Å². The van der Waals surface area contributed by atoms with Crippen LogP contribution in [0.15, 0.2) is 48.5 Å². The van der Waals surface area contributed by atoms with Crippen LogP contribution in [-0.2, 0) is 11.3 Å². The van der Waals surface area contributed by atoms with Crippen LogP contribution >= 0.6 is 0 Å². The van der Waals surface area contributed by atoms with Gasteiger partial charge in [0.1, 0.15) is 12.3 Å². The number of hydrogen-bond acceptors (Lipinski definition) is 2. The first kappa shape index (κ1) is 17.0. The monoisotopic (exact) mass is 313 g/mol. The number of likely N-dealkylation sites (N-methyl/N-ethyl adjacent to an activating group) is 1. The molecular formula is C19H25N2O2+. The fraction of sp³-hybridized carbons (Fsp3) is 0.316. The standard InChI is InChI=1S/C19H24N2O2/c1-14-9-5-6-10-16(14)13-21(3)15(2)19(22)20-17-11-7-8-12-18(17)23-4/h5-12,15H,13H2,1-4H3,(H,20,22)/p+1/t15-/m1/s1. The van der Waals surface area contributed by atoms with Crippen molar-refractivity contribution in [2.45, 2.75) is 26.4 Å². The maximum Gasteiger partial charge on any atom is 0.282 e. The van der Waals surface area contributed by atoms with Crippen molar-refractivity contribution in [3.05, 3.63) is 59.7 Å². The van der Waals surface area contributed by atoms with E-state index in [0.717, 1.165) is 11.4 Å². The Bertz CT molecular complexity index is 670. The number of aryl methyl sites for hydroxylation is 1. The fourth-order valence-corrected chi connectivity index (χ4v) is 2.47. The van der Waals surface area contributed by atoms with Gasteiger partial charge in [-0.15, -0.1) is 0 Å². The molecule has 2 aromatic carbocycles. The van der Waals surface area contributed by atoms with E-state index in [-0.39, 0.29) is 11.9 Å². The van der Waals surface area contributed by atoms with Gasteiger partial charge in [0.25, 0.3) is 5.91 Å². The van der Waals surface area contributed by atoms with Crippen LogP contribution in [0, 0.1) is 6.92 Å². The summed E-state index contributed by atoms with van der Waals surface area (Å²) in [4.78, 5) is 13.7. The molecule has 23 heavy (non-hydrogen) atoms. The van der Waals surface area contributed by atoms with Crippen LogP contribution in [0.2, 0.25) is 0 Å². The van der Waals surface area contributed by atoms with E-state index in [4.69, 9.17) is 4.74 Å². The van der Waals surface area contributed by atoms with Gasteiger partial charge in [-0.25, -0.2) is 0 Å². The lowest BCUT2D eigenvalue weighted by molar-refractivity contribution is -0.907. The summed E-state index contributed by atoms with van der Waals surface area (Å²) in [5, 5.41) is 2.96. The smallest absolute Gasteiger partial charge is 0.282 e. The highest BCUT2D eigenvalue weighted by Crippen LogP contribution is 2.22. The van der Waals surface area contributed by atoms with Crippen molar-refractivity contribution in [2.75, 3.05) is 19.5 Å². The molecule has 2 aromatic rings. The van der Waals surface area contributed by atoms with Gasteiger partial charge < -0.3 is 15.0 Å². The van der Waals surface area contributed by atoms with Crippen LogP contribution in [0.1, 0.15) is 18.1 Å². The molecule has 0 radical (unpaired) electrons. The number of methoxy groups -OCH3 is 1. The number of carbonyl (C=O) groups excluding carboxylic acids is 1. The van der Waals surface area contributed by atoms with Gasteiger partial charge in [-0.1, -0.05) is 36.4 Å². The number of hydrogen-bond donors (Lipinski definition) is 2. The number of ether oxygens (including phenoxy) is 1. The molecule has 0 aliphatic heterocycles. The predicted octanol–water partition coefficient (Wildman–Crippen LogP) is 2.05. The molecule has 1 unspecified atom stereocenters. The highest BCUT2D eigenvalue weighted by Gasteiger charge is 2.23. The molecule has 4 heteroatoms. The minimum Gasteiger partial charge on any atom is -0.495 e. The highest BCUT2D eigenvalue weighted by molar-refractivity contribution is 5.94. The molecule has 0 bridgehead atoms. The SMILES string of the molecule is COc1ccccc1NC(=O)[C@@H](C)[NH+](C)Cc1ccccc1C. The number of rotatable bonds is 6. The van der Waals surface area contributed by atoms with Crippen LogP contribution in [0.5, 0.6) is 5.75 Å². The highest BCUT2D eigenvalue weighted by atomic mass is 16.5. The predicted molar refractivity (Wildman–Crippen MR) is 92.9 cm³/mol. The molecule has 122 valence electrons. The van der Waals surface area contributed by atoms with E-state index in [9.17, 15) is 4.79 Å². The minimum absolute atomic E-state index is 0.0133. The second-order valence-electron chi connectivity index (χ2n) is 5.86. The first-order chi connectivity index (χ1) is 11.0. The third-order valence-electron chi connectivity index (χ3n) is 4.23. The summed E-state index contributed by atoms with van der Waals surface area (Å²) in [6, 6.07) is 15.6. The van der Waals surface area contributed by atoms with Gasteiger partial charge in [0.05, 0.1) is 19.8 Å². The summed E-state index contributed by atoms with van der Waals surface area (Å²) in [7, 11) is 3.64. The molecule has 0 heterocycles. The van der Waals surface area contributed by atoms with Gasteiger partial charge >= 0.3 is 0 Å². The van der Waals surface area contributed by atoms with E-state index >= 15 is 0 Å². The maximum absolute atomic E-state index is 12.5. The van der Waals surface area contributed by atoms with E-state index in [1.807, 2.05) is 50.4 Å². The third kappa shape index (κ3) is 4.33. The second-order valence-corrected chi connectivity index (χ2v) is 5.86. The summed E-state index contributed by atoms with van der Waals surface area (Å²) < 4.78 is 5.28. The molecule has 1 amide bonds. The summed E-state index contributed by atoms with van der Waals surface area (Å²) in [5.41, 5.74) is 3.22. The van der Waals surface area contributed by atoms with Crippen molar-refractivity contribution in [3.8, 4) is 5.75 Å². The number of carbonyl (C=O) groups is 1. The summed E-state index contributed by atoms with van der Waals surface area (Å²) in [6.07, 6.45) is 0. The molecule has 0 saturated heterocycles. The second kappa shape index (κ2) is 7.79. The van der Waals surface area contributed by atoms with Crippen molar-refractivity contribution in [1.82, 2.24) is 0 Å². The lowest BCUT2D eigenvalue weighted by atomic mass is 10.1. The maximum atomic E-state index is 12.5. The quantitative estimate of drug-likeness (QED) is 0.857. The van der Waals surface area contributed by atoms with Gasteiger partial charge in [-0.3, -0.25) is 4.79 Å². The van der Waals surface area contributed by atoms with Crippen LogP contribution in [0.3, 0.4) is 0 Å². The average Bonchev–Trinajstić information content (AvgIpc) is 2.56. The zero-order valence-corrected chi connectivity index (χ0v) is 14.2. The lowest BCUT2D eigenvalue weighted by Crippen LogP contribution is -3.12. The van der Waals surface area contributed by atoms with E-state index in [0.29, 0.717) is 11.4 Å². The van der Waals surface area contributed by atoms with Gasteiger partial charge in [-0.05, 0) is 31.5 Å². The van der Waals surface area contributed by atoms with Crippen molar-refractivity contribution >= 4 is 11.6 Å². The van der Waals surface area contributed by atoms with E-state index < -0.39 is 0 Å². The Kier molecular flexibility index (Phi) is 5.77. The number of anilines is 1. The Morgan fingerprint density at radius 1 is 1.17 bits per heavy atom. The molecule has 4 nitrogen and oxygen atoms in total. The number of para-hydroxylation sites is 2. The van der Waals surface area contributed by atoms with Crippen LogP contribution in [0.25, 0.3) is 0 Å². The first-order valence-electron chi connectivity index (χ1n) is 7.83. The van der Waals surface area contributed by atoms with Gasteiger partial charge in [0.2, 0.25) is 0 Å². The first-order valence-corrected chi connectivity index (χ1v) is 7.83. The molecule has 0 aliphatic rings.